The van der Waals surface area contributed by atoms with Crippen LogP contribution in [0.25, 0.3) is 0 Å². The highest BCUT2D eigenvalue weighted by molar-refractivity contribution is 5.52. The summed E-state index contributed by atoms with van der Waals surface area (Å²) in [4.78, 5) is 0. The standard InChI is InChI=1S/C10H15N3/c1-6-4-10(2,3)8-7(6)5-12-13-9(8)11/h5-6H,4H2,1-3H3,(H2,11,13). The van der Waals surface area contributed by atoms with Gasteiger partial charge in [-0.05, 0) is 23.3 Å². The summed E-state index contributed by atoms with van der Waals surface area (Å²) in [6.07, 6.45) is 2.99. The summed E-state index contributed by atoms with van der Waals surface area (Å²) in [6.45, 7) is 6.65. The Morgan fingerprint density at radius 1 is 1.54 bits per heavy atom. The first-order chi connectivity index (χ1) is 6.02. The van der Waals surface area contributed by atoms with Crippen LogP contribution in [0.15, 0.2) is 6.20 Å². The minimum absolute atomic E-state index is 0.161. The summed E-state index contributed by atoms with van der Waals surface area (Å²) >= 11 is 0. The van der Waals surface area contributed by atoms with Crippen molar-refractivity contribution in [1.82, 2.24) is 10.2 Å². The molecule has 70 valence electrons. The molecule has 1 aliphatic carbocycles. The predicted octanol–water partition coefficient (Wildman–Crippen LogP) is 1.84. The highest BCUT2D eigenvalue weighted by Crippen LogP contribution is 2.46. The lowest BCUT2D eigenvalue weighted by Crippen LogP contribution is -2.15. The zero-order valence-electron chi connectivity index (χ0n) is 8.33. The molecule has 1 unspecified atom stereocenters. The van der Waals surface area contributed by atoms with Crippen LogP contribution < -0.4 is 5.73 Å². The lowest BCUT2D eigenvalue weighted by Gasteiger charge is -2.19. The first kappa shape index (κ1) is 8.48. The molecule has 3 heteroatoms. The van der Waals surface area contributed by atoms with Crippen molar-refractivity contribution < 1.29 is 0 Å². The van der Waals surface area contributed by atoms with Gasteiger partial charge in [0.15, 0.2) is 0 Å². The summed E-state index contributed by atoms with van der Waals surface area (Å²) < 4.78 is 0. The number of hydrogen-bond donors (Lipinski definition) is 1. The van der Waals surface area contributed by atoms with Gasteiger partial charge in [0.25, 0.3) is 0 Å². The number of aromatic nitrogens is 2. The fraction of sp³-hybridized carbons (Fsp3) is 0.600. The maximum atomic E-state index is 5.84. The molecule has 0 bridgehead atoms. The van der Waals surface area contributed by atoms with Gasteiger partial charge in [0.1, 0.15) is 5.82 Å². The molecule has 0 aliphatic heterocycles. The minimum Gasteiger partial charge on any atom is -0.382 e. The van der Waals surface area contributed by atoms with E-state index in [4.69, 9.17) is 5.73 Å². The highest BCUT2D eigenvalue weighted by atomic mass is 15.1. The lowest BCUT2D eigenvalue weighted by atomic mass is 9.86. The van der Waals surface area contributed by atoms with Gasteiger partial charge in [-0.2, -0.15) is 5.10 Å². The fourth-order valence-corrected chi connectivity index (χ4v) is 2.50. The van der Waals surface area contributed by atoms with E-state index < -0.39 is 0 Å². The molecule has 0 radical (unpaired) electrons. The Bertz CT molecular complexity index is 344. The molecular formula is C10H15N3. The molecule has 0 saturated heterocycles. The molecule has 1 atom stereocenters. The molecule has 0 amide bonds. The van der Waals surface area contributed by atoms with Gasteiger partial charge in [0, 0.05) is 5.56 Å². The van der Waals surface area contributed by atoms with Crippen molar-refractivity contribution >= 4 is 5.82 Å². The second-order valence-corrected chi connectivity index (χ2v) is 4.55. The summed E-state index contributed by atoms with van der Waals surface area (Å²) in [5.41, 5.74) is 8.48. The molecule has 1 aliphatic rings. The van der Waals surface area contributed by atoms with E-state index in [-0.39, 0.29) is 5.41 Å². The van der Waals surface area contributed by atoms with Crippen LogP contribution in [0.1, 0.15) is 44.2 Å². The van der Waals surface area contributed by atoms with Gasteiger partial charge in [-0.1, -0.05) is 20.8 Å². The third-order valence-corrected chi connectivity index (χ3v) is 2.93. The molecule has 0 saturated carbocycles. The average Bonchev–Trinajstić information content (AvgIpc) is 2.24. The predicted molar refractivity (Wildman–Crippen MR) is 52.5 cm³/mol. The van der Waals surface area contributed by atoms with Crippen LogP contribution in [-0.2, 0) is 5.41 Å². The monoisotopic (exact) mass is 177 g/mol. The van der Waals surface area contributed by atoms with E-state index in [2.05, 4.69) is 31.0 Å². The van der Waals surface area contributed by atoms with E-state index in [1.54, 1.807) is 0 Å². The Hall–Kier alpha value is -1.12. The molecule has 1 aromatic heterocycles. The number of nitrogens with zero attached hydrogens (tertiary/aromatic N) is 2. The lowest BCUT2D eigenvalue weighted by molar-refractivity contribution is 0.490. The molecule has 0 fully saturated rings. The normalized spacial score (nSPS) is 24.4. The maximum Gasteiger partial charge on any atom is 0.150 e. The van der Waals surface area contributed by atoms with Crippen molar-refractivity contribution in [1.29, 1.82) is 0 Å². The van der Waals surface area contributed by atoms with Crippen molar-refractivity contribution in [2.75, 3.05) is 5.73 Å². The fourth-order valence-electron chi connectivity index (χ4n) is 2.50. The van der Waals surface area contributed by atoms with Crippen LogP contribution in [0, 0.1) is 0 Å². The van der Waals surface area contributed by atoms with Gasteiger partial charge in [-0.15, -0.1) is 5.10 Å². The third-order valence-electron chi connectivity index (χ3n) is 2.93. The Kier molecular flexibility index (Phi) is 1.59. The third kappa shape index (κ3) is 1.10. The number of anilines is 1. The highest BCUT2D eigenvalue weighted by Gasteiger charge is 2.37. The van der Waals surface area contributed by atoms with Crippen molar-refractivity contribution in [3.8, 4) is 0 Å². The summed E-state index contributed by atoms with van der Waals surface area (Å²) in [5.74, 6) is 1.16. The van der Waals surface area contributed by atoms with E-state index in [9.17, 15) is 0 Å². The van der Waals surface area contributed by atoms with Crippen LogP contribution in [0.5, 0.6) is 0 Å². The summed E-state index contributed by atoms with van der Waals surface area (Å²) in [6, 6.07) is 0. The van der Waals surface area contributed by atoms with Gasteiger partial charge >= 0.3 is 0 Å². The number of rotatable bonds is 0. The Morgan fingerprint density at radius 3 is 2.85 bits per heavy atom. The number of nitrogen functional groups attached to an aromatic ring is 1. The number of nitrogens with two attached hydrogens (primary N) is 1. The Morgan fingerprint density at radius 2 is 2.23 bits per heavy atom. The average molecular weight is 177 g/mol. The van der Waals surface area contributed by atoms with Crippen molar-refractivity contribution in [3.63, 3.8) is 0 Å². The van der Waals surface area contributed by atoms with Gasteiger partial charge in [0.05, 0.1) is 6.20 Å². The SMILES string of the molecule is CC1CC(C)(C)c2c1cnnc2N. The molecular weight excluding hydrogens is 162 g/mol. The quantitative estimate of drug-likeness (QED) is 0.658. The smallest absolute Gasteiger partial charge is 0.150 e. The Balaban J connectivity index is 2.66. The van der Waals surface area contributed by atoms with E-state index in [1.165, 1.54) is 11.1 Å². The molecule has 2 rings (SSSR count). The van der Waals surface area contributed by atoms with Gasteiger partial charge in [-0.25, -0.2) is 0 Å². The van der Waals surface area contributed by atoms with E-state index in [0.717, 1.165) is 6.42 Å². The van der Waals surface area contributed by atoms with Crippen LogP contribution >= 0.6 is 0 Å². The topological polar surface area (TPSA) is 51.8 Å². The van der Waals surface area contributed by atoms with Gasteiger partial charge in [-0.3, -0.25) is 0 Å². The zero-order valence-corrected chi connectivity index (χ0v) is 8.33. The maximum absolute atomic E-state index is 5.84. The second-order valence-electron chi connectivity index (χ2n) is 4.55. The molecule has 0 aromatic carbocycles. The van der Waals surface area contributed by atoms with Crippen molar-refractivity contribution in [2.24, 2.45) is 0 Å². The molecule has 2 N–H and O–H groups in total. The summed E-state index contributed by atoms with van der Waals surface area (Å²) in [5, 5.41) is 7.81. The van der Waals surface area contributed by atoms with E-state index in [0.29, 0.717) is 11.7 Å². The molecule has 1 heterocycles. The van der Waals surface area contributed by atoms with E-state index >= 15 is 0 Å². The van der Waals surface area contributed by atoms with Crippen LogP contribution in [0.3, 0.4) is 0 Å². The van der Waals surface area contributed by atoms with Crippen LogP contribution in [0.4, 0.5) is 5.82 Å². The first-order valence-electron chi connectivity index (χ1n) is 4.64. The van der Waals surface area contributed by atoms with Crippen molar-refractivity contribution in [3.05, 3.63) is 17.3 Å². The van der Waals surface area contributed by atoms with Gasteiger partial charge in [0.2, 0.25) is 0 Å². The first-order valence-corrected chi connectivity index (χ1v) is 4.64. The number of fused-ring (bicyclic) bond motifs is 1. The molecule has 0 spiro atoms. The van der Waals surface area contributed by atoms with Crippen LogP contribution in [0.2, 0.25) is 0 Å². The zero-order chi connectivity index (χ0) is 9.64. The molecule has 13 heavy (non-hydrogen) atoms. The Labute approximate surface area is 78.4 Å². The van der Waals surface area contributed by atoms with Gasteiger partial charge < -0.3 is 5.73 Å². The molecule has 1 aromatic rings. The van der Waals surface area contributed by atoms with E-state index in [1.807, 2.05) is 6.20 Å². The molecule has 3 nitrogen and oxygen atoms in total. The number of hydrogen-bond acceptors (Lipinski definition) is 3. The summed E-state index contributed by atoms with van der Waals surface area (Å²) in [7, 11) is 0. The van der Waals surface area contributed by atoms with Crippen molar-refractivity contribution in [2.45, 2.75) is 38.5 Å². The van der Waals surface area contributed by atoms with Crippen LogP contribution in [-0.4, -0.2) is 10.2 Å². The second kappa shape index (κ2) is 2.44. The largest absolute Gasteiger partial charge is 0.382 e. The minimum atomic E-state index is 0.161.